The van der Waals surface area contributed by atoms with Crippen molar-refractivity contribution in [2.24, 2.45) is 0 Å². The predicted molar refractivity (Wildman–Crippen MR) is 36.7 cm³/mol. The third-order valence-electron chi connectivity index (χ3n) is 0.964. The van der Waals surface area contributed by atoms with Crippen LogP contribution in [0.1, 0.15) is 20.8 Å². The summed E-state index contributed by atoms with van der Waals surface area (Å²) >= 11 is 5.47. The second-order valence-electron chi connectivity index (χ2n) is 2.07. The third kappa shape index (κ3) is 2.82. The largest absolute Gasteiger partial charge is 0.436 e. The number of hydrogen-bond donors (Lipinski definition) is 0. The van der Waals surface area contributed by atoms with Crippen molar-refractivity contribution in [3.63, 3.8) is 0 Å². The van der Waals surface area contributed by atoms with E-state index in [-0.39, 0.29) is 5.78 Å². The number of rotatable bonds is 2. The lowest BCUT2D eigenvalue weighted by atomic mass is 10.3. The Morgan fingerprint density at radius 2 is 1.80 bits per heavy atom. The van der Waals surface area contributed by atoms with E-state index in [0.717, 1.165) is 0 Å². The highest BCUT2D eigenvalue weighted by molar-refractivity contribution is 6.33. The molecular weight excluding hydrogens is 156 g/mol. The fraction of sp³-hybridized carbons (Fsp3) is 0.667. The Morgan fingerprint density at radius 1 is 1.40 bits per heavy atom. The number of esters is 1. The molecule has 0 N–H and O–H groups in total. The third-order valence-corrected chi connectivity index (χ3v) is 1.31. The van der Waals surface area contributed by atoms with Crippen LogP contribution >= 0.6 is 11.6 Å². The first-order chi connectivity index (χ1) is 4.36. The maximum atomic E-state index is 10.6. The SMILES string of the molecule is CC(=O)OC(C)(Cl)C(C)=O. The van der Waals surface area contributed by atoms with Crippen molar-refractivity contribution in [2.75, 3.05) is 0 Å². The van der Waals surface area contributed by atoms with Crippen LogP contribution in [0.5, 0.6) is 0 Å². The molecular formula is C6H9ClO3. The van der Waals surface area contributed by atoms with E-state index in [4.69, 9.17) is 11.6 Å². The highest BCUT2D eigenvalue weighted by Crippen LogP contribution is 2.16. The molecule has 0 rings (SSSR count). The molecule has 0 aliphatic rings. The van der Waals surface area contributed by atoms with Gasteiger partial charge in [-0.3, -0.25) is 9.59 Å². The van der Waals surface area contributed by atoms with Gasteiger partial charge in [0.1, 0.15) is 0 Å². The van der Waals surface area contributed by atoms with Gasteiger partial charge >= 0.3 is 5.97 Å². The number of alkyl halides is 1. The summed E-state index contributed by atoms with van der Waals surface area (Å²) < 4.78 is 4.48. The maximum absolute atomic E-state index is 10.6. The lowest BCUT2D eigenvalue weighted by molar-refractivity contribution is -0.154. The summed E-state index contributed by atoms with van der Waals surface area (Å²) in [7, 11) is 0. The number of Topliss-reactive ketones (excluding diaryl/α,β-unsaturated/α-hetero) is 1. The molecule has 0 amide bonds. The van der Waals surface area contributed by atoms with Gasteiger partial charge in [0.15, 0.2) is 5.78 Å². The molecule has 0 heterocycles. The number of ether oxygens (including phenoxy) is 1. The van der Waals surface area contributed by atoms with Crippen molar-refractivity contribution < 1.29 is 14.3 Å². The zero-order valence-corrected chi connectivity index (χ0v) is 6.86. The molecule has 0 aliphatic heterocycles. The first-order valence-electron chi connectivity index (χ1n) is 2.76. The Kier molecular flexibility index (Phi) is 2.84. The van der Waals surface area contributed by atoms with E-state index in [0.29, 0.717) is 0 Å². The van der Waals surface area contributed by atoms with Crippen LogP contribution in [0.15, 0.2) is 0 Å². The quantitative estimate of drug-likeness (QED) is 0.453. The van der Waals surface area contributed by atoms with Gasteiger partial charge in [-0.1, -0.05) is 11.6 Å². The smallest absolute Gasteiger partial charge is 0.304 e. The van der Waals surface area contributed by atoms with Crippen LogP contribution in [0.25, 0.3) is 0 Å². The summed E-state index contributed by atoms with van der Waals surface area (Å²) in [5.74, 6) is -0.947. The van der Waals surface area contributed by atoms with E-state index in [2.05, 4.69) is 4.74 Å². The van der Waals surface area contributed by atoms with Crippen LogP contribution in [0.2, 0.25) is 0 Å². The summed E-state index contributed by atoms with van der Waals surface area (Å²) in [5, 5.41) is -1.49. The van der Waals surface area contributed by atoms with E-state index in [1.807, 2.05) is 0 Å². The molecule has 58 valence electrons. The van der Waals surface area contributed by atoms with Gasteiger partial charge in [0, 0.05) is 6.92 Å². The molecule has 0 aliphatic carbocycles. The lowest BCUT2D eigenvalue weighted by Crippen LogP contribution is -2.31. The molecule has 0 saturated heterocycles. The Labute approximate surface area is 64.3 Å². The van der Waals surface area contributed by atoms with Crippen molar-refractivity contribution in [3.8, 4) is 0 Å². The van der Waals surface area contributed by atoms with E-state index < -0.39 is 11.0 Å². The molecule has 0 aromatic rings. The Bertz CT molecular complexity index is 162. The minimum absolute atomic E-state index is 0.385. The maximum Gasteiger partial charge on any atom is 0.304 e. The van der Waals surface area contributed by atoms with Crippen molar-refractivity contribution in [3.05, 3.63) is 0 Å². The number of ketones is 1. The molecule has 3 nitrogen and oxygen atoms in total. The molecule has 1 unspecified atom stereocenters. The Balaban J connectivity index is 4.13. The van der Waals surface area contributed by atoms with Gasteiger partial charge in [-0.2, -0.15) is 0 Å². The molecule has 0 aromatic carbocycles. The van der Waals surface area contributed by atoms with Crippen LogP contribution in [0.4, 0.5) is 0 Å². The lowest BCUT2D eigenvalue weighted by Gasteiger charge is -2.17. The Morgan fingerprint density at radius 3 is 1.90 bits per heavy atom. The average molecular weight is 165 g/mol. The molecule has 1 atom stereocenters. The van der Waals surface area contributed by atoms with Gasteiger partial charge in [-0.05, 0) is 13.8 Å². The minimum Gasteiger partial charge on any atom is -0.436 e. The van der Waals surface area contributed by atoms with Gasteiger partial charge < -0.3 is 4.74 Å². The Hall–Kier alpha value is -0.570. The van der Waals surface area contributed by atoms with E-state index in [9.17, 15) is 9.59 Å². The van der Waals surface area contributed by atoms with Crippen LogP contribution in [-0.4, -0.2) is 16.8 Å². The molecule has 0 radical (unpaired) electrons. The highest BCUT2D eigenvalue weighted by atomic mass is 35.5. The number of carbonyl (C=O) groups is 2. The van der Waals surface area contributed by atoms with Gasteiger partial charge in [-0.15, -0.1) is 0 Å². The number of carbonyl (C=O) groups excluding carboxylic acids is 2. The first kappa shape index (κ1) is 9.43. The summed E-state index contributed by atoms with van der Waals surface area (Å²) in [5.41, 5.74) is 0. The zero-order valence-electron chi connectivity index (χ0n) is 6.10. The monoisotopic (exact) mass is 164 g/mol. The van der Waals surface area contributed by atoms with Crippen molar-refractivity contribution >= 4 is 23.4 Å². The topological polar surface area (TPSA) is 43.4 Å². The fourth-order valence-corrected chi connectivity index (χ4v) is 0.450. The molecule has 0 bridgehead atoms. The summed E-state index contributed by atoms with van der Waals surface area (Å²) in [4.78, 5) is 20.9. The fourth-order valence-electron chi connectivity index (χ4n) is 0.342. The summed E-state index contributed by atoms with van der Waals surface area (Å²) in [6.45, 7) is 3.79. The summed E-state index contributed by atoms with van der Waals surface area (Å²) in [6, 6.07) is 0. The standard InChI is InChI=1S/C6H9ClO3/c1-4(8)6(3,7)10-5(2)9/h1-3H3. The van der Waals surface area contributed by atoms with E-state index in [1.54, 1.807) is 0 Å². The molecule has 0 spiro atoms. The number of halogens is 1. The highest BCUT2D eigenvalue weighted by Gasteiger charge is 2.29. The normalized spacial score (nSPS) is 15.6. The molecule has 0 fully saturated rings. The van der Waals surface area contributed by atoms with Crippen LogP contribution in [0, 0.1) is 0 Å². The van der Waals surface area contributed by atoms with Crippen molar-refractivity contribution in [1.29, 1.82) is 0 Å². The first-order valence-corrected chi connectivity index (χ1v) is 3.13. The van der Waals surface area contributed by atoms with Crippen molar-refractivity contribution in [1.82, 2.24) is 0 Å². The average Bonchev–Trinajstić information content (AvgIpc) is 1.60. The van der Waals surface area contributed by atoms with Gasteiger partial charge in [0.05, 0.1) is 0 Å². The van der Waals surface area contributed by atoms with Gasteiger partial charge in [-0.25, -0.2) is 0 Å². The van der Waals surface area contributed by atoms with Gasteiger partial charge in [0.2, 0.25) is 5.06 Å². The molecule has 0 aromatic heterocycles. The van der Waals surface area contributed by atoms with Crippen LogP contribution < -0.4 is 0 Å². The zero-order chi connectivity index (χ0) is 8.36. The minimum atomic E-state index is -1.49. The van der Waals surface area contributed by atoms with Crippen LogP contribution in [0.3, 0.4) is 0 Å². The molecule has 0 saturated carbocycles. The van der Waals surface area contributed by atoms with Crippen molar-refractivity contribution in [2.45, 2.75) is 25.8 Å². The van der Waals surface area contributed by atoms with Gasteiger partial charge in [0.25, 0.3) is 0 Å². The summed E-state index contributed by atoms with van der Waals surface area (Å²) in [6.07, 6.45) is 0. The van der Waals surface area contributed by atoms with Crippen LogP contribution in [-0.2, 0) is 14.3 Å². The number of hydrogen-bond acceptors (Lipinski definition) is 3. The van der Waals surface area contributed by atoms with E-state index >= 15 is 0 Å². The predicted octanol–water partition coefficient (Wildman–Crippen LogP) is 1.09. The second-order valence-corrected chi connectivity index (χ2v) is 2.79. The molecule has 10 heavy (non-hydrogen) atoms. The second kappa shape index (κ2) is 3.01. The van der Waals surface area contributed by atoms with E-state index in [1.165, 1.54) is 20.8 Å². The molecule has 4 heteroatoms.